The summed E-state index contributed by atoms with van der Waals surface area (Å²) in [5.41, 5.74) is 5.33. The number of likely N-dealkylation sites (tertiary alicyclic amines) is 1. The average Bonchev–Trinajstić information content (AvgIpc) is 2.59. The standard InChI is InChI=1S/C11H20N2O2/c1-4-11(3)5-6-13(7-11)10(15)8(2)9(12)14/h8H,4-7H2,1-3H3,(H2,12,14)/t8?,11-/m1/s1. The number of hydrogen-bond acceptors (Lipinski definition) is 2. The molecule has 0 bridgehead atoms. The molecule has 2 N–H and O–H groups in total. The molecule has 2 amide bonds. The van der Waals surface area contributed by atoms with Gasteiger partial charge >= 0.3 is 0 Å². The van der Waals surface area contributed by atoms with Gasteiger partial charge in [-0.1, -0.05) is 13.8 Å². The van der Waals surface area contributed by atoms with Crippen LogP contribution in [0.5, 0.6) is 0 Å². The fourth-order valence-corrected chi connectivity index (χ4v) is 1.90. The van der Waals surface area contributed by atoms with Crippen LogP contribution in [0, 0.1) is 11.3 Å². The number of carbonyl (C=O) groups excluding carboxylic acids is 2. The lowest BCUT2D eigenvalue weighted by Crippen LogP contribution is -2.40. The Morgan fingerprint density at radius 3 is 2.53 bits per heavy atom. The summed E-state index contributed by atoms with van der Waals surface area (Å²) >= 11 is 0. The second-order valence-corrected chi connectivity index (χ2v) is 4.80. The van der Waals surface area contributed by atoms with Crippen LogP contribution in [0.25, 0.3) is 0 Å². The number of rotatable bonds is 3. The van der Waals surface area contributed by atoms with Gasteiger partial charge in [0.1, 0.15) is 5.92 Å². The summed E-state index contributed by atoms with van der Waals surface area (Å²) in [4.78, 5) is 24.5. The molecule has 4 nitrogen and oxygen atoms in total. The Morgan fingerprint density at radius 2 is 2.13 bits per heavy atom. The van der Waals surface area contributed by atoms with Crippen molar-refractivity contribution in [1.82, 2.24) is 4.90 Å². The molecule has 1 aliphatic heterocycles. The summed E-state index contributed by atoms with van der Waals surface area (Å²) in [7, 11) is 0. The van der Waals surface area contributed by atoms with Gasteiger partial charge in [-0.05, 0) is 25.2 Å². The Kier molecular flexibility index (Phi) is 3.37. The molecule has 4 heteroatoms. The van der Waals surface area contributed by atoms with Crippen molar-refractivity contribution >= 4 is 11.8 Å². The van der Waals surface area contributed by atoms with Gasteiger partial charge in [0.05, 0.1) is 0 Å². The molecule has 2 atom stereocenters. The van der Waals surface area contributed by atoms with Crippen molar-refractivity contribution in [2.45, 2.75) is 33.6 Å². The molecule has 0 spiro atoms. The minimum atomic E-state index is -0.691. The third-order valence-corrected chi connectivity index (χ3v) is 3.52. The first-order chi connectivity index (χ1) is 6.89. The third kappa shape index (κ3) is 2.49. The average molecular weight is 212 g/mol. The van der Waals surface area contributed by atoms with Gasteiger partial charge in [-0.3, -0.25) is 9.59 Å². The summed E-state index contributed by atoms with van der Waals surface area (Å²) in [5.74, 6) is -1.35. The first kappa shape index (κ1) is 12.0. The van der Waals surface area contributed by atoms with Crippen molar-refractivity contribution in [3.05, 3.63) is 0 Å². The Bertz CT molecular complexity index is 278. The van der Waals surface area contributed by atoms with Crippen LogP contribution in [0.2, 0.25) is 0 Å². The summed E-state index contributed by atoms with van der Waals surface area (Å²) in [5, 5.41) is 0. The second kappa shape index (κ2) is 4.21. The quantitative estimate of drug-likeness (QED) is 0.702. The van der Waals surface area contributed by atoms with Gasteiger partial charge in [0.2, 0.25) is 11.8 Å². The smallest absolute Gasteiger partial charge is 0.234 e. The summed E-state index contributed by atoms with van der Waals surface area (Å²) in [6.45, 7) is 7.38. The molecule has 1 heterocycles. The van der Waals surface area contributed by atoms with Crippen molar-refractivity contribution < 1.29 is 9.59 Å². The number of amides is 2. The van der Waals surface area contributed by atoms with Crippen LogP contribution in [0.4, 0.5) is 0 Å². The molecule has 0 saturated carbocycles. The third-order valence-electron chi connectivity index (χ3n) is 3.52. The van der Waals surface area contributed by atoms with Crippen molar-refractivity contribution in [2.75, 3.05) is 13.1 Å². The van der Waals surface area contributed by atoms with E-state index in [-0.39, 0.29) is 11.3 Å². The van der Waals surface area contributed by atoms with Crippen molar-refractivity contribution in [3.63, 3.8) is 0 Å². The molecule has 0 aromatic carbocycles. The predicted octanol–water partition coefficient (Wildman–Crippen LogP) is 0.756. The minimum Gasteiger partial charge on any atom is -0.369 e. The Morgan fingerprint density at radius 1 is 1.53 bits per heavy atom. The van der Waals surface area contributed by atoms with E-state index in [0.717, 1.165) is 25.9 Å². The van der Waals surface area contributed by atoms with E-state index in [1.807, 2.05) is 0 Å². The van der Waals surface area contributed by atoms with Gasteiger partial charge in [0.15, 0.2) is 0 Å². The van der Waals surface area contributed by atoms with Crippen LogP contribution >= 0.6 is 0 Å². The number of carbonyl (C=O) groups is 2. The normalized spacial score (nSPS) is 27.8. The monoisotopic (exact) mass is 212 g/mol. The van der Waals surface area contributed by atoms with Crippen LogP contribution in [-0.2, 0) is 9.59 Å². The van der Waals surface area contributed by atoms with Gasteiger partial charge in [0.25, 0.3) is 0 Å². The Labute approximate surface area is 90.8 Å². The van der Waals surface area contributed by atoms with Crippen LogP contribution in [0.3, 0.4) is 0 Å². The Balaban J connectivity index is 2.61. The second-order valence-electron chi connectivity index (χ2n) is 4.80. The molecule has 1 unspecified atom stereocenters. The molecule has 86 valence electrons. The minimum absolute atomic E-state index is 0.125. The molecule has 1 rings (SSSR count). The maximum absolute atomic E-state index is 11.8. The zero-order valence-electron chi connectivity index (χ0n) is 9.75. The fraction of sp³-hybridized carbons (Fsp3) is 0.818. The summed E-state index contributed by atoms with van der Waals surface area (Å²) < 4.78 is 0. The molecule has 0 aliphatic carbocycles. The van der Waals surface area contributed by atoms with E-state index in [1.54, 1.807) is 11.8 Å². The lowest BCUT2D eigenvalue weighted by molar-refractivity contribution is -0.139. The van der Waals surface area contributed by atoms with Gasteiger partial charge in [0, 0.05) is 13.1 Å². The predicted molar refractivity (Wildman–Crippen MR) is 58.0 cm³/mol. The lowest BCUT2D eigenvalue weighted by atomic mass is 9.87. The zero-order chi connectivity index (χ0) is 11.6. The van der Waals surface area contributed by atoms with E-state index >= 15 is 0 Å². The van der Waals surface area contributed by atoms with E-state index in [4.69, 9.17) is 5.73 Å². The molecule has 0 aromatic rings. The van der Waals surface area contributed by atoms with Crippen molar-refractivity contribution in [2.24, 2.45) is 17.1 Å². The largest absolute Gasteiger partial charge is 0.369 e. The van der Waals surface area contributed by atoms with Crippen LogP contribution in [0.15, 0.2) is 0 Å². The molecule has 0 aromatic heterocycles. The number of hydrogen-bond donors (Lipinski definition) is 1. The van der Waals surface area contributed by atoms with E-state index in [2.05, 4.69) is 13.8 Å². The van der Waals surface area contributed by atoms with E-state index < -0.39 is 11.8 Å². The fourth-order valence-electron chi connectivity index (χ4n) is 1.90. The van der Waals surface area contributed by atoms with E-state index in [0.29, 0.717) is 0 Å². The summed E-state index contributed by atoms with van der Waals surface area (Å²) in [6, 6.07) is 0. The maximum atomic E-state index is 11.8. The number of primary amides is 1. The van der Waals surface area contributed by atoms with Crippen molar-refractivity contribution in [1.29, 1.82) is 0 Å². The van der Waals surface area contributed by atoms with Crippen molar-refractivity contribution in [3.8, 4) is 0 Å². The van der Waals surface area contributed by atoms with Crippen LogP contribution in [-0.4, -0.2) is 29.8 Å². The Hall–Kier alpha value is -1.06. The molecule has 15 heavy (non-hydrogen) atoms. The number of nitrogens with zero attached hydrogens (tertiary/aromatic N) is 1. The topological polar surface area (TPSA) is 63.4 Å². The van der Waals surface area contributed by atoms with E-state index in [9.17, 15) is 9.59 Å². The highest BCUT2D eigenvalue weighted by atomic mass is 16.2. The highest BCUT2D eigenvalue weighted by Crippen LogP contribution is 2.33. The van der Waals surface area contributed by atoms with Crippen LogP contribution < -0.4 is 5.73 Å². The molecule has 1 fully saturated rings. The number of nitrogens with two attached hydrogens (primary N) is 1. The first-order valence-corrected chi connectivity index (χ1v) is 5.48. The van der Waals surface area contributed by atoms with Crippen LogP contribution in [0.1, 0.15) is 33.6 Å². The lowest BCUT2D eigenvalue weighted by Gasteiger charge is -2.24. The van der Waals surface area contributed by atoms with Gasteiger partial charge < -0.3 is 10.6 Å². The first-order valence-electron chi connectivity index (χ1n) is 5.48. The SMILES string of the molecule is CC[C@]1(C)CCN(C(=O)C(C)C(N)=O)C1. The maximum Gasteiger partial charge on any atom is 0.234 e. The zero-order valence-corrected chi connectivity index (χ0v) is 9.75. The molecule has 1 aliphatic rings. The summed E-state index contributed by atoms with van der Waals surface area (Å²) in [6.07, 6.45) is 2.07. The van der Waals surface area contributed by atoms with E-state index in [1.165, 1.54) is 0 Å². The highest BCUT2D eigenvalue weighted by molar-refractivity contribution is 5.99. The molecule has 1 saturated heterocycles. The van der Waals surface area contributed by atoms with Gasteiger partial charge in [-0.25, -0.2) is 0 Å². The molecular weight excluding hydrogens is 192 g/mol. The van der Waals surface area contributed by atoms with Gasteiger partial charge in [-0.15, -0.1) is 0 Å². The highest BCUT2D eigenvalue weighted by Gasteiger charge is 2.36. The molecular formula is C11H20N2O2. The van der Waals surface area contributed by atoms with Gasteiger partial charge in [-0.2, -0.15) is 0 Å². The molecule has 0 radical (unpaired) electrons.